The lowest BCUT2D eigenvalue weighted by Crippen LogP contribution is -2.33. The zero-order chi connectivity index (χ0) is 69.8. The predicted octanol–water partition coefficient (Wildman–Crippen LogP) is 23.8. The molecule has 0 bridgehead atoms. The van der Waals surface area contributed by atoms with E-state index < -0.39 is 0 Å². The summed E-state index contributed by atoms with van der Waals surface area (Å²) in [6.45, 7) is 47.5. The summed E-state index contributed by atoms with van der Waals surface area (Å²) in [7, 11) is 0. The lowest BCUT2D eigenvalue weighted by atomic mass is 9.61. The maximum atomic E-state index is 6.03. The van der Waals surface area contributed by atoms with Crippen LogP contribution < -0.4 is 18.9 Å². The van der Waals surface area contributed by atoms with Crippen molar-refractivity contribution in [3.8, 4) is 23.0 Å². The van der Waals surface area contributed by atoms with Crippen molar-refractivity contribution in [2.45, 2.75) is 233 Å². The van der Waals surface area contributed by atoms with Gasteiger partial charge in [-0.1, -0.05) is 162 Å². The summed E-state index contributed by atoms with van der Waals surface area (Å²) < 4.78 is 24.0. The lowest BCUT2D eigenvalue weighted by Gasteiger charge is -2.44. The molecule has 0 radical (unpaired) electrons. The molecule has 0 fully saturated rings. The first-order valence-electron chi connectivity index (χ1n) is 36.7. The zero-order valence-electron chi connectivity index (χ0n) is 62.6. The highest BCUT2D eigenvalue weighted by atomic mass is 32.1. The van der Waals surface area contributed by atoms with Crippen LogP contribution in [0.1, 0.15) is 247 Å². The maximum absolute atomic E-state index is 6.03. The van der Waals surface area contributed by atoms with Gasteiger partial charge in [0.05, 0.1) is 21.6 Å². The van der Waals surface area contributed by atoms with Gasteiger partial charge in [-0.15, -0.1) is 22.7 Å². The summed E-state index contributed by atoms with van der Waals surface area (Å²) >= 11 is 3.25. The van der Waals surface area contributed by atoms with Crippen molar-refractivity contribution in [1.29, 1.82) is 0 Å². The average Bonchev–Trinajstić information content (AvgIpc) is 1.02. The van der Waals surface area contributed by atoms with E-state index in [1.54, 1.807) is 34.4 Å². The summed E-state index contributed by atoms with van der Waals surface area (Å²) in [6.07, 6.45) is 19.0. The van der Waals surface area contributed by atoms with Gasteiger partial charge in [-0.3, -0.25) is 15.0 Å². The molecule has 97 heavy (non-hydrogen) atoms. The Morgan fingerprint density at radius 1 is 0.402 bits per heavy atom. The van der Waals surface area contributed by atoms with Crippen LogP contribution in [0, 0.1) is 69.5 Å². The first-order valence-corrected chi connectivity index (χ1v) is 38.5. The molecule has 4 aromatic carbocycles. The fourth-order valence-electron chi connectivity index (χ4n) is 17.0. The molecule has 0 saturated carbocycles. The van der Waals surface area contributed by atoms with Gasteiger partial charge in [0.15, 0.2) is 0 Å². The minimum atomic E-state index is 0.280. The number of aromatic nitrogens is 4. The third kappa shape index (κ3) is 20.0. The summed E-state index contributed by atoms with van der Waals surface area (Å²) in [5.41, 5.74) is 19.9. The summed E-state index contributed by atoms with van der Waals surface area (Å²) in [5.74, 6) is 13.1. The van der Waals surface area contributed by atoms with Crippen molar-refractivity contribution in [1.82, 2.24) is 19.9 Å². The lowest BCUT2D eigenvalue weighted by molar-refractivity contribution is 0.169. The Bertz CT molecular complexity index is 3550. The molecule has 8 atom stereocenters. The summed E-state index contributed by atoms with van der Waals surface area (Å²) in [6, 6.07) is 34.9. The SMILES string of the molecule is CC(C)C1CCc2cc(OCc3cccnc3)ccc2C1C(C)(C)C.CC(C)C1CCc2cc(OCc3ccncc3)ccc2C1C(C)(C)C.CC(C)C1CCc2cc(OCc3cncs3)ccc2C1C(C)(C)C.CC(C)C1CCc2cc(OCc3cscn3)ccc2C1C(C)C. The molecule has 8 unspecified atom stereocenters. The monoisotopic (exact) mass is 1350 g/mol. The van der Waals surface area contributed by atoms with E-state index in [-0.39, 0.29) is 16.2 Å². The van der Waals surface area contributed by atoms with E-state index in [9.17, 15) is 0 Å². The fourth-order valence-corrected chi connectivity index (χ4v) is 18.0. The van der Waals surface area contributed by atoms with Gasteiger partial charge in [-0.05, 0) is 261 Å². The van der Waals surface area contributed by atoms with Crippen LogP contribution in [-0.2, 0) is 52.1 Å². The molecule has 12 rings (SSSR count). The molecule has 8 nitrogen and oxygen atoms in total. The average molecular weight is 1350 g/mol. The third-order valence-electron chi connectivity index (χ3n) is 21.5. The number of fused-ring (bicyclic) bond motifs is 4. The molecule has 0 aliphatic heterocycles. The number of hydrogen-bond donors (Lipinski definition) is 0. The molecule has 0 spiro atoms. The number of hydrogen-bond acceptors (Lipinski definition) is 10. The van der Waals surface area contributed by atoms with Crippen LogP contribution in [0.15, 0.2) is 144 Å². The second kappa shape index (κ2) is 33.7. The molecule has 4 aliphatic rings. The first kappa shape index (κ1) is 74.9. The number of nitrogens with zero attached hydrogens (tertiary/aromatic N) is 4. The normalized spacial score (nSPS) is 20.6. The standard InChI is InChI=1S/2C23H31NO.C21H29NOS.C20H27NOS/c1-16(2)20-8-6-18-14-19(25-15-17-10-12-24-13-11-17)7-9-21(18)22(20)23(3,4)5;1-16(2)20-10-8-18-13-19(25-15-17-7-6-12-24-14-17)9-11-21(18)22(20)23(3,4)5;1-14(2)18-8-6-15-10-16(23-12-17-11-22-13-24-17)7-9-19(15)20(18)21(3,4)5;1-13(2)18-7-5-15-9-17(22-10-16-11-23-12-21-16)6-8-19(15)20(18)14(3)4/h7,9-14,16,20,22H,6,8,15H2,1-5H3;6-7,9,11-14,16,20,22H,8,10,15H2,1-5H3;7,9-11,13-14,18,20H,6,8,12H2,1-5H3;6,8-9,11-14,18,20H,5,7,10H2,1-4H3. The summed E-state index contributed by atoms with van der Waals surface area (Å²) in [5, 5.41) is 2.04. The maximum Gasteiger partial charge on any atom is 0.131 e. The molecule has 0 amide bonds. The number of aryl methyl sites for hydroxylation is 4. The highest BCUT2D eigenvalue weighted by Crippen LogP contribution is 2.53. The molecule has 0 N–H and O–H groups in total. The number of benzene rings is 4. The van der Waals surface area contributed by atoms with Crippen LogP contribution in [0.3, 0.4) is 0 Å². The number of rotatable bonds is 17. The van der Waals surface area contributed by atoms with Gasteiger partial charge in [-0.2, -0.15) is 0 Å². The van der Waals surface area contributed by atoms with Gasteiger partial charge < -0.3 is 18.9 Å². The van der Waals surface area contributed by atoms with Crippen molar-refractivity contribution in [2.75, 3.05) is 0 Å². The second-order valence-corrected chi connectivity index (χ2v) is 35.0. The van der Waals surface area contributed by atoms with E-state index in [0.717, 1.165) is 100 Å². The van der Waals surface area contributed by atoms with Crippen molar-refractivity contribution < 1.29 is 18.9 Å². The Hall–Kier alpha value is -6.36. The van der Waals surface area contributed by atoms with Crippen molar-refractivity contribution in [3.63, 3.8) is 0 Å². The van der Waals surface area contributed by atoms with Crippen LogP contribution in [-0.4, -0.2) is 19.9 Å². The van der Waals surface area contributed by atoms with Crippen LogP contribution in [0.25, 0.3) is 0 Å². The smallest absolute Gasteiger partial charge is 0.131 e. The van der Waals surface area contributed by atoms with E-state index in [4.69, 9.17) is 18.9 Å². The van der Waals surface area contributed by atoms with Gasteiger partial charge in [0.25, 0.3) is 0 Å². The Labute approximate surface area is 594 Å². The Balaban J connectivity index is 0.000000152. The quantitative estimate of drug-likeness (QED) is 0.0891. The third-order valence-corrected chi connectivity index (χ3v) is 22.9. The van der Waals surface area contributed by atoms with E-state index in [0.29, 0.717) is 56.0 Å². The molecule has 4 heterocycles. The van der Waals surface area contributed by atoms with Crippen LogP contribution >= 0.6 is 22.7 Å². The van der Waals surface area contributed by atoms with Crippen molar-refractivity contribution in [2.24, 2.45) is 69.5 Å². The zero-order valence-corrected chi connectivity index (χ0v) is 64.2. The van der Waals surface area contributed by atoms with Crippen molar-refractivity contribution >= 4 is 22.7 Å². The van der Waals surface area contributed by atoms with Gasteiger partial charge in [-0.25, -0.2) is 4.98 Å². The Kier molecular flexibility index (Phi) is 26.0. The molecule has 8 aromatic rings. The topological polar surface area (TPSA) is 88.5 Å². The minimum absolute atomic E-state index is 0.280. The molecular formula is C87H118N4O4S2. The van der Waals surface area contributed by atoms with Gasteiger partial charge in [0.1, 0.15) is 49.4 Å². The van der Waals surface area contributed by atoms with Crippen LogP contribution in [0.4, 0.5) is 0 Å². The van der Waals surface area contributed by atoms with Crippen molar-refractivity contribution in [3.05, 3.63) is 211 Å². The molecule has 4 aromatic heterocycles. The van der Waals surface area contributed by atoms with Gasteiger partial charge >= 0.3 is 0 Å². The highest BCUT2D eigenvalue weighted by Gasteiger charge is 2.42. The van der Waals surface area contributed by atoms with Gasteiger partial charge in [0, 0.05) is 41.9 Å². The van der Waals surface area contributed by atoms with E-state index in [1.807, 2.05) is 65.5 Å². The largest absolute Gasteiger partial charge is 0.489 e. The number of ether oxygens (including phenoxy) is 4. The van der Waals surface area contributed by atoms with Gasteiger partial charge in [0.2, 0.25) is 0 Å². The minimum Gasteiger partial charge on any atom is -0.489 e. The Morgan fingerprint density at radius 3 is 1.20 bits per heavy atom. The Morgan fingerprint density at radius 2 is 0.814 bits per heavy atom. The van der Waals surface area contributed by atoms with E-state index >= 15 is 0 Å². The van der Waals surface area contributed by atoms with Crippen LogP contribution in [0.5, 0.6) is 23.0 Å². The molecule has 4 aliphatic carbocycles. The first-order chi connectivity index (χ1) is 46.1. The fraction of sp³-hybridized carbons (Fsp3) is 0.540. The summed E-state index contributed by atoms with van der Waals surface area (Å²) in [4.78, 5) is 17.8. The number of thiazole rings is 2. The van der Waals surface area contributed by atoms with Crippen LogP contribution in [0.2, 0.25) is 0 Å². The predicted molar refractivity (Wildman–Crippen MR) is 407 cm³/mol. The second-order valence-electron chi connectivity index (χ2n) is 33.3. The van der Waals surface area contributed by atoms with E-state index in [2.05, 4.69) is 224 Å². The molecule has 0 saturated heterocycles. The number of pyridine rings is 2. The molecule has 10 heteroatoms. The molecular weight excluding hydrogens is 1230 g/mol. The molecule has 522 valence electrons. The van der Waals surface area contributed by atoms with E-state index in [1.165, 1.54) is 82.3 Å². The highest BCUT2D eigenvalue weighted by molar-refractivity contribution is 7.09.